The number of hydrogen-bond donors (Lipinski definition) is 1. The Morgan fingerprint density at radius 2 is 1.94 bits per heavy atom. The van der Waals surface area contributed by atoms with Crippen LogP contribution in [-0.4, -0.2) is 22.7 Å². The third kappa shape index (κ3) is 3.04. The van der Waals surface area contributed by atoms with Crippen LogP contribution in [0.1, 0.15) is 16.9 Å². The van der Waals surface area contributed by atoms with Crippen molar-refractivity contribution in [1.29, 1.82) is 0 Å². The van der Waals surface area contributed by atoms with Crippen molar-refractivity contribution in [3.8, 4) is 0 Å². The van der Waals surface area contributed by atoms with Gasteiger partial charge in [-0.15, -0.1) is 0 Å². The quantitative estimate of drug-likeness (QED) is 0.627. The molecule has 0 bridgehead atoms. The van der Waals surface area contributed by atoms with Gasteiger partial charge in [0.1, 0.15) is 0 Å². The van der Waals surface area contributed by atoms with Crippen molar-refractivity contribution in [2.75, 3.05) is 0 Å². The van der Waals surface area contributed by atoms with Crippen molar-refractivity contribution >= 4 is 11.6 Å². The van der Waals surface area contributed by atoms with Crippen molar-refractivity contribution in [1.82, 2.24) is 4.98 Å². The SMILES string of the molecule is O=C(CC(=O)C(F)(F)F)c1cc(=O)cc[nH]1. The zero-order valence-corrected chi connectivity index (χ0v) is 7.80. The Morgan fingerprint density at radius 1 is 1.31 bits per heavy atom. The van der Waals surface area contributed by atoms with Crippen LogP contribution < -0.4 is 5.43 Å². The van der Waals surface area contributed by atoms with Crippen LogP contribution in [0.2, 0.25) is 0 Å². The first kappa shape index (κ1) is 12.2. The van der Waals surface area contributed by atoms with Gasteiger partial charge in [0.05, 0.1) is 12.1 Å². The molecule has 1 rings (SSSR count). The fourth-order valence-corrected chi connectivity index (χ4v) is 0.948. The van der Waals surface area contributed by atoms with E-state index in [1.165, 1.54) is 0 Å². The van der Waals surface area contributed by atoms with E-state index < -0.39 is 29.6 Å². The second kappa shape index (κ2) is 4.30. The molecule has 16 heavy (non-hydrogen) atoms. The molecule has 0 spiro atoms. The van der Waals surface area contributed by atoms with Crippen LogP contribution in [0.5, 0.6) is 0 Å². The Hall–Kier alpha value is -1.92. The highest BCUT2D eigenvalue weighted by Crippen LogP contribution is 2.18. The van der Waals surface area contributed by atoms with E-state index in [9.17, 15) is 27.6 Å². The molecule has 0 saturated carbocycles. The Kier molecular flexibility index (Phi) is 3.26. The van der Waals surface area contributed by atoms with E-state index in [0.717, 1.165) is 18.3 Å². The van der Waals surface area contributed by atoms with Crippen molar-refractivity contribution in [3.05, 3.63) is 34.2 Å². The van der Waals surface area contributed by atoms with Gasteiger partial charge in [-0.25, -0.2) is 0 Å². The summed E-state index contributed by atoms with van der Waals surface area (Å²) in [6.07, 6.45) is -5.22. The first-order valence-corrected chi connectivity index (χ1v) is 4.12. The molecular formula is C9H6F3NO3. The lowest BCUT2D eigenvalue weighted by atomic mass is 10.1. The molecule has 7 heteroatoms. The molecule has 0 aliphatic rings. The monoisotopic (exact) mass is 233 g/mol. The molecule has 0 aliphatic carbocycles. The van der Waals surface area contributed by atoms with E-state index in [2.05, 4.69) is 4.98 Å². The predicted molar refractivity (Wildman–Crippen MR) is 47.1 cm³/mol. The number of Topliss-reactive ketones (excluding diaryl/α,β-unsaturated/α-hetero) is 2. The van der Waals surface area contributed by atoms with Crippen LogP contribution in [0.3, 0.4) is 0 Å². The van der Waals surface area contributed by atoms with Gasteiger partial charge in [-0.2, -0.15) is 13.2 Å². The summed E-state index contributed by atoms with van der Waals surface area (Å²) < 4.78 is 35.5. The highest BCUT2D eigenvalue weighted by atomic mass is 19.4. The fraction of sp³-hybridized carbons (Fsp3) is 0.222. The first-order valence-electron chi connectivity index (χ1n) is 4.12. The number of alkyl halides is 3. The Balaban J connectivity index is 2.82. The number of nitrogens with one attached hydrogen (secondary N) is 1. The largest absolute Gasteiger partial charge is 0.450 e. The molecule has 0 radical (unpaired) electrons. The van der Waals surface area contributed by atoms with E-state index in [1.54, 1.807) is 0 Å². The van der Waals surface area contributed by atoms with Crippen LogP contribution >= 0.6 is 0 Å². The summed E-state index contributed by atoms with van der Waals surface area (Å²) in [4.78, 5) is 34.8. The van der Waals surface area contributed by atoms with E-state index in [4.69, 9.17) is 0 Å². The number of carbonyl (C=O) groups is 2. The number of H-pyrrole nitrogens is 1. The lowest BCUT2D eigenvalue weighted by molar-refractivity contribution is -0.170. The number of aromatic nitrogens is 1. The second-order valence-electron chi connectivity index (χ2n) is 2.96. The lowest BCUT2D eigenvalue weighted by Crippen LogP contribution is -2.25. The third-order valence-corrected chi connectivity index (χ3v) is 1.71. The number of hydrogen-bond acceptors (Lipinski definition) is 3. The summed E-state index contributed by atoms with van der Waals surface area (Å²) in [7, 11) is 0. The Morgan fingerprint density at radius 3 is 2.44 bits per heavy atom. The van der Waals surface area contributed by atoms with E-state index in [1.807, 2.05) is 0 Å². The molecule has 1 N–H and O–H groups in total. The fourth-order valence-electron chi connectivity index (χ4n) is 0.948. The van der Waals surface area contributed by atoms with Gasteiger partial charge in [0, 0.05) is 18.3 Å². The molecule has 0 fully saturated rings. The van der Waals surface area contributed by atoms with Gasteiger partial charge >= 0.3 is 6.18 Å². The number of carbonyl (C=O) groups excluding carboxylic acids is 2. The summed E-state index contributed by atoms with van der Waals surface area (Å²) in [5.41, 5.74) is -0.841. The highest BCUT2D eigenvalue weighted by molar-refractivity contribution is 6.08. The lowest BCUT2D eigenvalue weighted by Gasteiger charge is -2.03. The Labute approximate surface area is 87.1 Å². The van der Waals surface area contributed by atoms with Crippen molar-refractivity contribution in [2.24, 2.45) is 0 Å². The topological polar surface area (TPSA) is 67.0 Å². The van der Waals surface area contributed by atoms with E-state index >= 15 is 0 Å². The maximum atomic E-state index is 11.8. The highest BCUT2D eigenvalue weighted by Gasteiger charge is 2.39. The second-order valence-corrected chi connectivity index (χ2v) is 2.96. The number of halogens is 3. The minimum absolute atomic E-state index is 0.315. The zero-order chi connectivity index (χ0) is 12.3. The van der Waals surface area contributed by atoms with Gasteiger partial charge in [0.15, 0.2) is 11.2 Å². The molecule has 4 nitrogen and oxygen atoms in total. The van der Waals surface area contributed by atoms with Gasteiger partial charge in [-0.05, 0) is 0 Å². The average Bonchev–Trinajstić information content (AvgIpc) is 2.16. The summed E-state index contributed by atoms with van der Waals surface area (Å²) in [5.74, 6) is -3.21. The summed E-state index contributed by atoms with van der Waals surface area (Å²) in [5, 5.41) is 0. The number of aromatic amines is 1. The number of rotatable bonds is 3. The van der Waals surface area contributed by atoms with Gasteiger partial charge in [-0.3, -0.25) is 14.4 Å². The minimum atomic E-state index is -5.04. The maximum Gasteiger partial charge on any atom is 0.450 e. The molecule has 0 saturated heterocycles. The number of ketones is 2. The minimum Gasteiger partial charge on any atom is -0.359 e. The van der Waals surface area contributed by atoms with E-state index in [-0.39, 0.29) is 5.69 Å². The molecule has 0 atom stereocenters. The third-order valence-electron chi connectivity index (χ3n) is 1.71. The van der Waals surface area contributed by atoms with Gasteiger partial charge in [0.25, 0.3) is 0 Å². The van der Waals surface area contributed by atoms with Crippen LogP contribution in [-0.2, 0) is 4.79 Å². The molecule has 1 aromatic rings. The molecule has 1 heterocycles. The summed E-state index contributed by atoms with van der Waals surface area (Å²) >= 11 is 0. The van der Waals surface area contributed by atoms with Crippen LogP contribution in [0.4, 0.5) is 13.2 Å². The van der Waals surface area contributed by atoms with Gasteiger partial charge in [0.2, 0.25) is 5.78 Å². The smallest absolute Gasteiger partial charge is 0.359 e. The van der Waals surface area contributed by atoms with Crippen LogP contribution in [0.25, 0.3) is 0 Å². The van der Waals surface area contributed by atoms with Gasteiger partial charge < -0.3 is 4.98 Å². The standard InChI is InChI=1S/C9H6F3NO3/c10-9(11,12)8(16)4-7(15)6-3-5(14)1-2-13-6/h1-3H,4H2,(H,13,14). The van der Waals surface area contributed by atoms with Gasteiger partial charge in [-0.1, -0.05) is 0 Å². The zero-order valence-electron chi connectivity index (χ0n) is 7.80. The normalized spacial score (nSPS) is 11.2. The molecule has 0 aliphatic heterocycles. The van der Waals surface area contributed by atoms with Crippen LogP contribution in [0, 0.1) is 0 Å². The molecule has 0 unspecified atom stereocenters. The predicted octanol–water partition coefficient (Wildman–Crippen LogP) is 1.08. The molecule has 86 valence electrons. The van der Waals surface area contributed by atoms with Crippen molar-refractivity contribution < 1.29 is 22.8 Å². The molecule has 1 aromatic heterocycles. The maximum absolute atomic E-state index is 11.8. The van der Waals surface area contributed by atoms with E-state index in [0.29, 0.717) is 0 Å². The first-order chi connectivity index (χ1) is 7.30. The van der Waals surface area contributed by atoms with Crippen molar-refractivity contribution in [3.63, 3.8) is 0 Å². The molecule has 0 aromatic carbocycles. The average molecular weight is 233 g/mol. The Bertz CT molecular complexity index is 475. The molecular weight excluding hydrogens is 227 g/mol. The van der Waals surface area contributed by atoms with Crippen LogP contribution in [0.15, 0.2) is 23.1 Å². The number of pyridine rings is 1. The summed E-state index contributed by atoms with van der Waals surface area (Å²) in [6.45, 7) is 0. The summed E-state index contributed by atoms with van der Waals surface area (Å²) in [6, 6.07) is 1.94. The van der Waals surface area contributed by atoms with Crippen molar-refractivity contribution in [2.45, 2.75) is 12.6 Å². The molecule has 0 amide bonds.